The van der Waals surface area contributed by atoms with Gasteiger partial charge in [0.2, 0.25) is 0 Å². The van der Waals surface area contributed by atoms with Crippen molar-refractivity contribution in [3.8, 4) is 0 Å². The third kappa shape index (κ3) is 37.5. The van der Waals surface area contributed by atoms with E-state index in [2.05, 4.69) is 41.5 Å². The molecule has 0 saturated heterocycles. The summed E-state index contributed by atoms with van der Waals surface area (Å²) in [5.41, 5.74) is 0. The van der Waals surface area contributed by atoms with Crippen molar-refractivity contribution in [2.45, 2.75) is 227 Å². The minimum atomic E-state index is -0.761. The number of ether oxygens (including phenoxy) is 3. The van der Waals surface area contributed by atoms with Gasteiger partial charge in [-0.3, -0.25) is 14.4 Å². The quantitative estimate of drug-likeness (QED) is 0.0369. The first kappa shape index (κ1) is 47.4. The fraction of sp³-hybridized carbons (Fsp3) is 0.930. The molecule has 0 aliphatic heterocycles. The summed E-state index contributed by atoms with van der Waals surface area (Å²) >= 11 is 0. The van der Waals surface area contributed by atoms with Crippen molar-refractivity contribution >= 4 is 17.9 Å². The molecule has 0 heterocycles. The lowest BCUT2D eigenvalue weighted by atomic mass is 10.0. The van der Waals surface area contributed by atoms with Crippen molar-refractivity contribution < 1.29 is 28.6 Å². The lowest BCUT2D eigenvalue weighted by Crippen LogP contribution is -2.30. The van der Waals surface area contributed by atoms with Crippen LogP contribution >= 0.6 is 0 Å². The summed E-state index contributed by atoms with van der Waals surface area (Å²) in [5.74, 6) is 1.47. The first-order chi connectivity index (χ1) is 23.6. The molecule has 6 nitrogen and oxygen atoms in total. The molecule has 0 radical (unpaired) electrons. The van der Waals surface area contributed by atoms with Gasteiger partial charge in [-0.15, -0.1) is 0 Å². The maximum Gasteiger partial charge on any atom is 0.306 e. The molecular weight excluding hydrogens is 612 g/mol. The van der Waals surface area contributed by atoms with E-state index in [1.165, 1.54) is 103 Å². The van der Waals surface area contributed by atoms with Crippen molar-refractivity contribution in [1.29, 1.82) is 0 Å². The van der Waals surface area contributed by atoms with Crippen LogP contribution in [-0.2, 0) is 28.6 Å². The van der Waals surface area contributed by atoms with Gasteiger partial charge in [-0.2, -0.15) is 0 Å². The van der Waals surface area contributed by atoms with E-state index in [4.69, 9.17) is 14.2 Å². The van der Waals surface area contributed by atoms with Gasteiger partial charge in [0.1, 0.15) is 13.2 Å². The zero-order valence-corrected chi connectivity index (χ0v) is 33.5. The zero-order valence-electron chi connectivity index (χ0n) is 33.5. The molecule has 0 N–H and O–H groups in total. The third-order valence-corrected chi connectivity index (χ3v) is 9.40. The van der Waals surface area contributed by atoms with E-state index in [9.17, 15) is 14.4 Å². The first-order valence-corrected chi connectivity index (χ1v) is 21.1. The maximum atomic E-state index is 12.6. The van der Waals surface area contributed by atoms with Crippen LogP contribution in [0, 0.1) is 17.8 Å². The highest BCUT2D eigenvalue weighted by atomic mass is 16.6. The smallest absolute Gasteiger partial charge is 0.306 e. The van der Waals surface area contributed by atoms with Crippen LogP contribution in [0.25, 0.3) is 0 Å². The van der Waals surface area contributed by atoms with Crippen LogP contribution in [0.4, 0.5) is 0 Å². The maximum absolute atomic E-state index is 12.6. The molecule has 0 spiro atoms. The molecular formula is C43H82O6. The van der Waals surface area contributed by atoms with E-state index in [0.29, 0.717) is 19.3 Å². The first-order valence-electron chi connectivity index (χ1n) is 21.1. The Bertz CT molecular complexity index is 761. The Hall–Kier alpha value is -1.59. The molecule has 290 valence electrons. The standard InChI is InChI=1S/C43H82O6/c1-37(2)29-23-17-11-8-7-9-13-20-26-32-41(44)47-35-40(49-43(46)34-28-22-16-15-19-25-31-39(5)6)36-48-42(45)33-27-21-14-10-12-18-24-30-38(3)4/h37-40H,7-36H2,1-6H3/t40-/m1/s1. The molecule has 1 atom stereocenters. The van der Waals surface area contributed by atoms with Crippen LogP contribution in [-0.4, -0.2) is 37.2 Å². The lowest BCUT2D eigenvalue weighted by molar-refractivity contribution is -0.167. The number of hydrogen-bond acceptors (Lipinski definition) is 6. The van der Waals surface area contributed by atoms with Gasteiger partial charge in [-0.05, 0) is 37.0 Å². The SMILES string of the molecule is CC(C)CCCCCCCCCCCC(=O)OC[C@H](COC(=O)CCCCCCCCCC(C)C)OC(=O)CCCCCCCCC(C)C. The molecule has 0 rings (SSSR count). The predicted octanol–water partition coefficient (Wildman–Crippen LogP) is 12.9. The molecule has 0 aromatic heterocycles. The van der Waals surface area contributed by atoms with E-state index in [-0.39, 0.29) is 31.1 Å². The summed E-state index contributed by atoms with van der Waals surface area (Å²) in [6, 6.07) is 0. The number of esters is 3. The van der Waals surface area contributed by atoms with Gasteiger partial charge in [-0.1, -0.05) is 183 Å². The van der Waals surface area contributed by atoms with Crippen LogP contribution < -0.4 is 0 Å². The van der Waals surface area contributed by atoms with E-state index in [1.807, 2.05) is 0 Å². The highest BCUT2D eigenvalue weighted by Gasteiger charge is 2.19. The Kier molecular flexibility index (Phi) is 33.7. The summed E-state index contributed by atoms with van der Waals surface area (Å²) in [5, 5.41) is 0. The van der Waals surface area contributed by atoms with Crippen molar-refractivity contribution in [3.63, 3.8) is 0 Å². The minimum Gasteiger partial charge on any atom is -0.462 e. The van der Waals surface area contributed by atoms with Crippen LogP contribution in [0.5, 0.6) is 0 Å². The Morgan fingerprint density at radius 1 is 0.347 bits per heavy atom. The minimum absolute atomic E-state index is 0.0681. The summed E-state index contributed by atoms with van der Waals surface area (Å²) in [4.78, 5) is 37.5. The zero-order chi connectivity index (χ0) is 36.4. The van der Waals surface area contributed by atoms with Gasteiger partial charge in [0, 0.05) is 19.3 Å². The van der Waals surface area contributed by atoms with Gasteiger partial charge >= 0.3 is 17.9 Å². The third-order valence-electron chi connectivity index (χ3n) is 9.40. The molecule has 0 fully saturated rings. The molecule has 0 aromatic rings. The van der Waals surface area contributed by atoms with Crippen LogP contribution in [0.2, 0.25) is 0 Å². The second-order valence-electron chi connectivity index (χ2n) is 16.1. The van der Waals surface area contributed by atoms with Crippen LogP contribution in [0.15, 0.2) is 0 Å². The molecule has 0 saturated carbocycles. The highest BCUT2D eigenvalue weighted by Crippen LogP contribution is 2.16. The van der Waals surface area contributed by atoms with Crippen molar-refractivity contribution in [2.75, 3.05) is 13.2 Å². The lowest BCUT2D eigenvalue weighted by Gasteiger charge is -2.18. The summed E-state index contributed by atoms with van der Waals surface area (Å²) in [6.45, 7) is 13.5. The Morgan fingerprint density at radius 3 is 0.878 bits per heavy atom. The second-order valence-corrected chi connectivity index (χ2v) is 16.1. The second kappa shape index (κ2) is 34.8. The molecule has 0 aliphatic rings. The molecule has 0 amide bonds. The molecule has 0 unspecified atom stereocenters. The average Bonchev–Trinajstić information content (AvgIpc) is 3.04. The number of hydrogen-bond donors (Lipinski definition) is 0. The molecule has 0 aliphatic carbocycles. The fourth-order valence-corrected chi connectivity index (χ4v) is 6.17. The Labute approximate surface area is 304 Å². The van der Waals surface area contributed by atoms with Gasteiger partial charge in [0.25, 0.3) is 0 Å². The molecule has 6 heteroatoms. The van der Waals surface area contributed by atoms with Gasteiger partial charge in [0.05, 0.1) is 0 Å². The van der Waals surface area contributed by atoms with Crippen LogP contribution in [0.1, 0.15) is 221 Å². The fourth-order valence-electron chi connectivity index (χ4n) is 6.17. The monoisotopic (exact) mass is 695 g/mol. The predicted molar refractivity (Wildman–Crippen MR) is 206 cm³/mol. The number of rotatable bonds is 36. The summed E-state index contributed by atoms with van der Waals surface area (Å²) in [6.07, 6.45) is 29.7. The summed E-state index contributed by atoms with van der Waals surface area (Å²) < 4.78 is 16.6. The summed E-state index contributed by atoms with van der Waals surface area (Å²) in [7, 11) is 0. The van der Waals surface area contributed by atoms with Crippen LogP contribution in [0.3, 0.4) is 0 Å². The van der Waals surface area contributed by atoms with Gasteiger partial charge in [0.15, 0.2) is 6.10 Å². The van der Waals surface area contributed by atoms with E-state index >= 15 is 0 Å². The molecule has 49 heavy (non-hydrogen) atoms. The topological polar surface area (TPSA) is 78.9 Å². The van der Waals surface area contributed by atoms with Crippen molar-refractivity contribution in [1.82, 2.24) is 0 Å². The van der Waals surface area contributed by atoms with E-state index < -0.39 is 6.10 Å². The normalized spacial score (nSPS) is 12.2. The number of carbonyl (C=O) groups excluding carboxylic acids is 3. The van der Waals surface area contributed by atoms with Gasteiger partial charge in [-0.25, -0.2) is 0 Å². The number of unbranched alkanes of at least 4 members (excludes halogenated alkanes) is 19. The van der Waals surface area contributed by atoms with Crippen molar-refractivity contribution in [2.24, 2.45) is 17.8 Å². The van der Waals surface area contributed by atoms with E-state index in [0.717, 1.165) is 75.5 Å². The Balaban J connectivity index is 4.34. The molecule has 0 aromatic carbocycles. The number of carbonyl (C=O) groups is 3. The van der Waals surface area contributed by atoms with E-state index in [1.54, 1.807) is 0 Å². The highest BCUT2D eigenvalue weighted by molar-refractivity contribution is 5.71. The average molecular weight is 695 g/mol. The molecule has 0 bridgehead atoms. The van der Waals surface area contributed by atoms with Gasteiger partial charge < -0.3 is 14.2 Å². The Morgan fingerprint density at radius 2 is 0.592 bits per heavy atom. The largest absolute Gasteiger partial charge is 0.462 e. The van der Waals surface area contributed by atoms with Crippen molar-refractivity contribution in [3.05, 3.63) is 0 Å².